The number of carbonyl (C=O) groups is 1. The van der Waals surface area contributed by atoms with Gasteiger partial charge in [-0.1, -0.05) is 35.9 Å². The topological polar surface area (TPSA) is 47.6 Å². The van der Waals surface area contributed by atoms with Gasteiger partial charge in [0.05, 0.1) is 7.11 Å². The van der Waals surface area contributed by atoms with Gasteiger partial charge in [-0.2, -0.15) is 11.8 Å². The maximum atomic E-state index is 12.1. The van der Waals surface area contributed by atoms with Crippen molar-refractivity contribution in [3.05, 3.63) is 59.7 Å². The van der Waals surface area contributed by atoms with Crippen LogP contribution in [0.1, 0.15) is 18.1 Å². The fourth-order valence-electron chi connectivity index (χ4n) is 2.20. The number of ether oxygens (including phenoxy) is 2. The van der Waals surface area contributed by atoms with Crippen LogP contribution in [0.15, 0.2) is 48.5 Å². The maximum Gasteiger partial charge on any atom is 0.260 e. The Hall–Kier alpha value is -2.14. The zero-order chi connectivity index (χ0) is 18.1. The van der Waals surface area contributed by atoms with Crippen molar-refractivity contribution in [2.75, 3.05) is 19.4 Å². The fourth-order valence-corrected chi connectivity index (χ4v) is 3.02. The Bertz CT molecular complexity index is 673. The van der Waals surface area contributed by atoms with Gasteiger partial charge >= 0.3 is 0 Å². The van der Waals surface area contributed by atoms with Crippen molar-refractivity contribution in [2.24, 2.45) is 0 Å². The van der Waals surface area contributed by atoms with Gasteiger partial charge < -0.3 is 14.8 Å². The van der Waals surface area contributed by atoms with E-state index >= 15 is 0 Å². The van der Waals surface area contributed by atoms with E-state index in [0.717, 1.165) is 11.5 Å². The van der Waals surface area contributed by atoms with E-state index in [1.165, 1.54) is 11.1 Å². The smallest absolute Gasteiger partial charge is 0.260 e. The summed E-state index contributed by atoms with van der Waals surface area (Å²) < 4.78 is 10.8. The normalized spacial score (nSPS) is 11.6. The molecule has 0 fully saturated rings. The molecule has 5 heteroatoms. The Morgan fingerprint density at radius 1 is 1.16 bits per heavy atom. The second-order valence-electron chi connectivity index (χ2n) is 5.77. The minimum absolute atomic E-state index is 0.112. The summed E-state index contributed by atoms with van der Waals surface area (Å²) in [6.45, 7) is 4.46. The van der Waals surface area contributed by atoms with E-state index in [0.29, 0.717) is 18.0 Å². The predicted molar refractivity (Wildman–Crippen MR) is 103 cm³/mol. The molecule has 0 aliphatic carbocycles. The van der Waals surface area contributed by atoms with Crippen LogP contribution in [-0.2, 0) is 10.5 Å². The van der Waals surface area contributed by atoms with Crippen LogP contribution >= 0.6 is 11.8 Å². The molecule has 0 aromatic heterocycles. The number of carbonyl (C=O) groups excluding carboxylic acids is 1. The molecule has 1 unspecified atom stereocenters. The van der Waals surface area contributed by atoms with E-state index in [-0.39, 0.29) is 5.91 Å². The van der Waals surface area contributed by atoms with Gasteiger partial charge in [-0.25, -0.2) is 0 Å². The Balaban J connectivity index is 1.66. The summed E-state index contributed by atoms with van der Waals surface area (Å²) in [6.07, 6.45) is -0.547. The Morgan fingerprint density at radius 3 is 2.60 bits per heavy atom. The zero-order valence-corrected chi connectivity index (χ0v) is 15.8. The maximum absolute atomic E-state index is 12.1. The molecule has 0 saturated carbocycles. The van der Waals surface area contributed by atoms with Crippen LogP contribution in [0.3, 0.4) is 0 Å². The third-order valence-corrected chi connectivity index (χ3v) is 4.69. The van der Waals surface area contributed by atoms with E-state index in [2.05, 4.69) is 36.5 Å². The molecule has 2 aromatic rings. The number of methoxy groups -OCH3 is 1. The third-order valence-electron chi connectivity index (χ3n) is 3.66. The van der Waals surface area contributed by atoms with Crippen LogP contribution in [0.5, 0.6) is 11.5 Å². The van der Waals surface area contributed by atoms with Crippen LogP contribution in [0.4, 0.5) is 0 Å². The number of amides is 1. The minimum atomic E-state index is -0.547. The van der Waals surface area contributed by atoms with Crippen molar-refractivity contribution in [1.82, 2.24) is 5.32 Å². The molecule has 2 rings (SSSR count). The van der Waals surface area contributed by atoms with Crippen LogP contribution in [0, 0.1) is 6.92 Å². The second kappa shape index (κ2) is 9.99. The predicted octanol–water partition coefficient (Wildman–Crippen LogP) is 3.82. The summed E-state index contributed by atoms with van der Waals surface area (Å²) in [5, 5.41) is 2.91. The number of rotatable bonds is 9. The van der Waals surface area contributed by atoms with E-state index in [1.54, 1.807) is 31.9 Å². The van der Waals surface area contributed by atoms with E-state index < -0.39 is 6.10 Å². The van der Waals surface area contributed by atoms with E-state index in [1.807, 2.05) is 18.2 Å². The molecule has 0 aliphatic heterocycles. The molecule has 0 radical (unpaired) electrons. The molecule has 1 N–H and O–H groups in total. The zero-order valence-electron chi connectivity index (χ0n) is 15.0. The third kappa shape index (κ3) is 6.70. The summed E-state index contributed by atoms with van der Waals surface area (Å²) >= 11 is 1.80. The van der Waals surface area contributed by atoms with Crippen molar-refractivity contribution in [3.63, 3.8) is 0 Å². The van der Waals surface area contributed by atoms with Crippen molar-refractivity contribution in [1.29, 1.82) is 0 Å². The highest BCUT2D eigenvalue weighted by atomic mass is 32.2. The average molecular weight is 359 g/mol. The first kappa shape index (κ1) is 19.2. The number of benzene rings is 2. The van der Waals surface area contributed by atoms with Crippen LogP contribution < -0.4 is 14.8 Å². The fraction of sp³-hybridized carbons (Fsp3) is 0.350. The highest BCUT2D eigenvalue weighted by molar-refractivity contribution is 7.98. The van der Waals surface area contributed by atoms with Crippen molar-refractivity contribution < 1.29 is 14.3 Å². The summed E-state index contributed by atoms with van der Waals surface area (Å²) in [4.78, 5) is 12.1. The molecule has 1 atom stereocenters. The van der Waals surface area contributed by atoms with Gasteiger partial charge in [0.25, 0.3) is 5.91 Å². The number of aryl methyl sites for hydroxylation is 1. The number of nitrogens with one attached hydrogen (secondary N) is 1. The minimum Gasteiger partial charge on any atom is -0.497 e. The Labute approximate surface area is 153 Å². The largest absolute Gasteiger partial charge is 0.497 e. The van der Waals surface area contributed by atoms with Crippen molar-refractivity contribution >= 4 is 17.7 Å². The number of hydrogen-bond donors (Lipinski definition) is 1. The molecule has 2 aromatic carbocycles. The van der Waals surface area contributed by atoms with Gasteiger partial charge in [0.2, 0.25) is 0 Å². The summed E-state index contributed by atoms with van der Waals surface area (Å²) in [7, 11) is 1.60. The summed E-state index contributed by atoms with van der Waals surface area (Å²) in [6, 6.07) is 15.8. The summed E-state index contributed by atoms with van der Waals surface area (Å²) in [5.41, 5.74) is 2.57. The molecule has 134 valence electrons. The van der Waals surface area contributed by atoms with Crippen LogP contribution in [0.2, 0.25) is 0 Å². The highest BCUT2D eigenvalue weighted by Gasteiger charge is 2.14. The van der Waals surface area contributed by atoms with Gasteiger partial charge in [0.1, 0.15) is 11.5 Å². The molecule has 0 bridgehead atoms. The average Bonchev–Trinajstić information content (AvgIpc) is 2.63. The molecule has 0 heterocycles. The van der Waals surface area contributed by atoms with Crippen LogP contribution in [0.25, 0.3) is 0 Å². The highest BCUT2D eigenvalue weighted by Crippen LogP contribution is 2.20. The van der Waals surface area contributed by atoms with Crippen LogP contribution in [-0.4, -0.2) is 31.4 Å². The molecule has 4 nitrogen and oxygen atoms in total. The lowest BCUT2D eigenvalue weighted by atomic mass is 10.2. The van der Waals surface area contributed by atoms with Gasteiger partial charge in [-0.3, -0.25) is 4.79 Å². The molecular weight excluding hydrogens is 334 g/mol. The van der Waals surface area contributed by atoms with E-state index in [9.17, 15) is 4.79 Å². The SMILES string of the molecule is COc1cccc(OC(C)C(=O)NCCSCc2ccc(C)cc2)c1. The Morgan fingerprint density at radius 2 is 1.88 bits per heavy atom. The lowest BCUT2D eigenvalue weighted by Crippen LogP contribution is -2.37. The monoisotopic (exact) mass is 359 g/mol. The van der Waals surface area contributed by atoms with Gasteiger partial charge in [0, 0.05) is 24.1 Å². The van der Waals surface area contributed by atoms with Gasteiger partial charge in [0.15, 0.2) is 6.10 Å². The second-order valence-corrected chi connectivity index (χ2v) is 6.87. The molecular formula is C20H25NO3S. The lowest BCUT2D eigenvalue weighted by Gasteiger charge is -2.15. The van der Waals surface area contributed by atoms with E-state index in [4.69, 9.17) is 9.47 Å². The first-order chi connectivity index (χ1) is 12.1. The van der Waals surface area contributed by atoms with Crippen molar-refractivity contribution in [3.8, 4) is 11.5 Å². The molecule has 0 aliphatic rings. The Kier molecular flexibility index (Phi) is 7.67. The molecule has 0 saturated heterocycles. The lowest BCUT2D eigenvalue weighted by molar-refractivity contribution is -0.127. The van der Waals surface area contributed by atoms with Crippen molar-refractivity contribution in [2.45, 2.75) is 25.7 Å². The molecule has 0 spiro atoms. The first-order valence-electron chi connectivity index (χ1n) is 8.30. The number of hydrogen-bond acceptors (Lipinski definition) is 4. The quantitative estimate of drug-likeness (QED) is 0.692. The standard InChI is InChI=1S/C20H25NO3S/c1-15-7-9-17(10-8-15)14-25-12-11-21-20(22)16(2)24-19-6-4-5-18(13-19)23-3/h4-10,13,16H,11-12,14H2,1-3H3,(H,21,22). The molecule has 1 amide bonds. The van der Waals surface area contributed by atoms with Gasteiger partial charge in [-0.05, 0) is 31.5 Å². The molecule has 25 heavy (non-hydrogen) atoms. The first-order valence-corrected chi connectivity index (χ1v) is 9.45. The summed E-state index contributed by atoms with van der Waals surface area (Å²) in [5.74, 6) is 3.03. The number of thioether (sulfide) groups is 1. The van der Waals surface area contributed by atoms with Gasteiger partial charge in [-0.15, -0.1) is 0 Å².